The lowest BCUT2D eigenvalue weighted by molar-refractivity contribution is -0.104. The maximum atomic E-state index is 10.3. The zero-order valence-electron chi connectivity index (χ0n) is 12.1. The minimum Gasteiger partial charge on any atom is -0.303 e. The van der Waals surface area contributed by atoms with Crippen LogP contribution in [0.4, 0.5) is 0 Å². The van der Waals surface area contributed by atoms with Gasteiger partial charge in [0.15, 0.2) is 0 Å². The number of rotatable bonds is 10. The van der Waals surface area contributed by atoms with Crippen LogP contribution in [0.25, 0.3) is 0 Å². The summed E-state index contributed by atoms with van der Waals surface area (Å²) in [5, 5.41) is 0. The summed E-state index contributed by atoms with van der Waals surface area (Å²) in [5.74, 6) is 0. The van der Waals surface area contributed by atoms with Gasteiger partial charge in [-0.05, 0) is 59.2 Å². The first-order chi connectivity index (χ1) is 8.60. The van der Waals surface area contributed by atoms with E-state index < -0.39 is 0 Å². The molecule has 0 radical (unpaired) electrons. The lowest BCUT2D eigenvalue weighted by atomic mass is 10.1. The van der Waals surface area contributed by atoms with Gasteiger partial charge in [0.25, 0.3) is 0 Å². The maximum absolute atomic E-state index is 10.3. The Labute approximate surface area is 112 Å². The van der Waals surface area contributed by atoms with Gasteiger partial charge in [-0.1, -0.05) is 23.3 Å². The molecule has 0 saturated carbocycles. The molecular formula is C16H27NO. The molecule has 0 unspecified atom stereocenters. The van der Waals surface area contributed by atoms with E-state index in [2.05, 4.69) is 31.5 Å². The van der Waals surface area contributed by atoms with Crippen molar-refractivity contribution in [3.8, 4) is 0 Å². The third-order valence-corrected chi connectivity index (χ3v) is 2.94. The van der Waals surface area contributed by atoms with Gasteiger partial charge in [0, 0.05) is 6.54 Å². The molecule has 0 N–H and O–H groups in total. The first-order valence-corrected chi connectivity index (χ1v) is 6.66. The molecule has 0 spiro atoms. The highest BCUT2D eigenvalue weighted by Gasteiger charge is 1.96. The Kier molecular flexibility index (Phi) is 10.3. The summed E-state index contributed by atoms with van der Waals surface area (Å²) in [6.45, 7) is 9.99. The van der Waals surface area contributed by atoms with Crippen molar-refractivity contribution < 1.29 is 4.79 Å². The van der Waals surface area contributed by atoms with E-state index in [0.717, 1.165) is 44.2 Å². The van der Waals surface area contributed by atoms with Crippen molar-refractivity contribution in [1.82, 2.24) is 4.90 Å². The third-order valence-electron chi connectivity index (χ3n) is 2.94. The van der Waals surface area contributed by atoms with E-state index in [-0.39, 0.29) is 0 Å². The average Bonchev–Trinajstić information content (AvgIpc) is 2.29. The minimum absolute atomic E-state index is 0.862. The molecule has 0 amide bonds. The van der Waals surface area contributed by atoms with Crippen LogP contribution in [0, 0.1) is 0 Å². The number of carbonyl (C=O) groups is 1. The third kappa shape index (κ3) is 10.0. The summed E-state index contributed by atoms with van der Waals surface area (Å²) in [6, 6.07) is 0. The minimum atomic E-state index is 0.862. The Morgan fingerprint density at radius 3 is 2.56 bits per heavy atom. The monoisotopic (exact) mass is 249 g/mol. The molecule has 102 valence electrons. The fourth-order valence-electron chi connectivity index (χ4n) is 1.79. The van der Waals surface area contributed by atoms with Crippen LogP contribution >= 0.6 is 0 Å². The molecule has 0 aliphatic carbocycles. The van der Waals surface area contributed by atoms with Gasteiger partial charge in [-0.3, -0.25) is 4.79 Å². The molecule has 0 aromatic heterocycles. The van der Waals surface area contributed by atoms with Crippen LogP contribution in [-0.4, -0.2) is 31.3 Å². The number of aldehydes is 1. The fourth-order valence-corrected chi connectivity index (χ4v) is 1.79. The van der Waals surface area contributed by atoms with Gasteiger partial charge in [-0.15, -0.1) is 6.58 Å². The van der Waals surface area contributed by atoms with Crippen molar-refractivity contribution in [2.75, 3.05) is 20.1 Å². The molecular weight excluding hydrogens is 222 g/mol. The van der Waals surface area contributed by atoms with Crippen LogP contribution in [0.15, 0.2) is 36.0 Å². The van der Waals surface area contributed by atoms with E-state index in [1.165, 1.54) is 12.0 Å². The Morgan fingerprint density at radius 1 is 1.22 bits per heavy atom. The first kappa shape index (κ1) is 16.9. The van der Waals surface area contributed by atoms with Crippen molar-refractivity contribution in [2.24, 2.45) is 0 Å². The lowest BCUT2D eigenvalue weighted by Crippen LogP contribution is -2.19. The number of hydrogen-bond acceptors (Lipinski definition) is 2. The zero-order valence-corrected chi connectivity index (χ0v) is 12.1. The topological polar surface area (TPSA) is 20.3 Å². The Balaban J connectivity index is 3.74. The van der Waals surface area contributed by atoms with Crippen molar-refractivity contribution >= 4 is 6.29 Å². The molecule has 0 aromatic rings. The molecule has 0 aromatic carbocycles. The molecule has 18 heavy (non-hydrogen) atoms. The molecule has 0 fully saturated rings. The summed E-state index contributed by atoms with van der Waals surface area (Å²) in [7, 11) is 2.12. The van der Waals surface area contributed by atoms with Gasteiger partial charge >= 0.3 is 0 Å². The standard InChI is InChI=1S/C16H27NO/c1-5-12-17(4)13-7-10-15(2)8-6-9-16(3)11-14-18/h5,8,11,14H,1,6-7,9-10,12-13H2,2-4H3/b15-8+,16-11+. The number of nitrogens with zero attached hydrogens (tertiary/aromatic N) is 1. The van der Waals surface area contributed by atoms with Crippen molar-refractivity contribution in [3.05, 3.63) is 36.0 Å². The van der Waals surface area contributed by atoms with Crippen LogP contribution in [0.5, 0.6) is 0 Å². The van der Waals surface area contributed by atoms with Gasteiger partial charge in [0.05, 0.1) is 0 Å². The molecule has 0 aliphatic heterocycles. The maximum Gasteiger partial charge on any atom is 0.142 e. The Morgan fingerprint density at radius 2 is 1.94 bits per heavy atom. The van der Waals surface area contributed by atoms with E-state index in [0.29, 0.717) is 0 Å². The normalized spacial score (nSPS) is 12.9. The highest BCUT2D eigenvalue weighted by molar-refractivity contribution is 5.65. The largest absolute Gasteiger partial charge is 0.303 e. The molecule has 0 bridgehead atoms. The second-order valence-corrected chi connectivity index (χ2v) is 4.89. The molecule has 0 heterocycles. The highest BCUT2D eigenvalue weighted by atomic mass is 16.1. The summed E-state index contributed by atoms with van der Waals surface area (Å²) < 4.78 is 0. The van der Waals surface area contributed by atoms with E-state index in [9.17, 15) is 4.79 Å². The number of likely N-dealkylation sites (N-methyl/N-ethyl adjacent to an activating group) is 1. The quantitative estimate of drug-likeness (QED) is 0.334. The Bertz CT molecular complexity index is 302. The van der Waals surface area contributed by atoms with Crippen LogP contribution in [-0.2, 0) is 4.79 Å². The van der Waals surface area contributed by atoms with Gasteiger partial charge < -0.3 is 4.90 Å². The zero-order chi connectivity index (χ0) is 13.8. The van der Waals surface area contributed by atoms with Crippen molar-refractivity contribution in [2.45, 2.75) is 39.5 Å². The second kappa shape index (κ2) is 11.0. The van der Waals surface area contributed by atoms with Crippen molar-refractivity contribution in [3.63, 3.8) is 0 Å². The van der Waals surface area contributed by atoms with Crippen LogP contribution in [0.2, 0.25) is 0 Å². The smallest absolute Gasteiger partial charge is 0.142 e. The number of allylic oxidation sites excluding steroid dienone is 4. The predicted molar refractivity (Wildman–Crippen MR) is 79.7 cm³/mol. The molecule has 2 heteroatoms. The second-order valence-electron chi connectivity index (χ2n) is 4.89. The first-order valence-electron chi connectivity index (χ1n) is 6.66. The molecule has 0 aliphatic rings. The van der Waals surface area contributed by atoms with Gasteiger partial charge in [-0.25, -0.2) is 0 Å². The SMILES string of the molecule is C=CCN(C)CCC/C(C)=C/CC/C(C)=C/C=O. The average molecular weight is 249 g/mol. The van der Waals surface area contributed by atoms with E-state index in [1.54, 1.807) is 6.08 Å². The fraction of sp³-hybridized carbons (Fsp3) is 0.562. The van der Waals surface area contributed by atoms with E-state index in [4.69, 9.17) is 0 Å². The van der Waals surface area contributed by atoms with Crippen LogP contribution in [0.1, 0.15) is 39.5 Å². The molecule has 0 atom stereocenters. The highest BCUT2D eigenvalue weighted by Crippen LogP contribution is 2.10. The van der Waals surface area contributed by atoms with E-state index >= 15 is 0 Å². The van der Waals surface area contributed by atoms with E-state index in [1.807, 2.05) is 13.0 Å². The van der Waals surface area contributed by atoms with Crippen molar-refractivity contribution in [1.29, 1.82) is 0 Å². The lowest BCUT2D eigenvalue weighted by Gasteiger charge is -2.13. The van der Waals surface area contributed by atoms with Gasteiger partial charge in [0.1, 0.15) is 6.29 Å². The summed E-state index contributed by atoms with van der Waals surface area (Å²) in [6.07, 6.45) is 11.1. The number of carbonyl (C=O) groups excluding carboxylic acids is 1. The van der Waals surface area contributed by atoms with Crippen LogP contribution < -0.4 is 0 Å². The van der Waals surface area contributed by atoms with Crippen LogP contribution in [0.3, 0.4) is 0 Å². The number of hydrogen-bond donors (Lipinski definition) is 0. The molecule has 0 rings (SSSR count). The summed E-state index contributed by atoms with van der Waals surface area (Å²) in [4.78, 5) is 12.5. The van der Waals surface area contributed by atoms with Gasteiger partial charge in [0.2, 0.25) is 0 Å². The predicted octanol–water partition coefficient (Wildman–Crippen LogP) is 3.76. The molecule has 0 saturated heterocycles. The summed E-state index contributed by atoms with van der Waals surface area (Å²) >= 11 is 0. The molecule has 2 nitrogen and oxygen atoms in total. The van der Waals surface area contributed by atoms with Gasteiger partial charge in [-0.2, -0.15) is 0 Å². The summed E-state index contributed by atoms with van der Waals surface area (Å²) in [5.41, 5.74) is 2.60. The Hall–Kier alpha value is -1.15.